The summed E-state index contributed by atoms with van der Waals surface area (Å²) in [6, 6.07) is 1.93. The molecule has 3 N–H and O–H groups in total. The van der Waals surface area contributed by atoms with Crippen LogP contribution in [0.25, 0.3) is 0 Å². The van der Waals surface area contributed by atoms with Crippen molar-refractivity contribution >= 4 is 0 Å². The fourth-order valence-corrected chi connectivity index (χ4v) is 1.03. The molecular formula is C9H16N2O2. The Morgan fingerprint density at radius 1 is 1.69 bits per heavy atom. The van der Waals surface area contributed by atoms with E-state index < -0.39 is 0 Å². The van der Waals surface area contributed by atoms with Crippen LogP contribution in [-0.4, -0.2) is 26.3 Å². The zero-order valence-electron chi connectivity index (χ0n) is 7.82. The third-order valence-electron chi connectivity index (χ3n) is 1.88. The molecule has 0 saturated heterocycles. The van der Waals surface area contributed by atoms with Crippen molar-refractivity contribution in [2.45, 2.75) is 12.6 Å². The van der Waals surface area contributed by atoms with Crippen LogP contribution in [0.2, 0.25) is 0 Å². The average molecular weight is 184 g/mol. The van der Waals surface area contributed by atoms with E-state index in [-0.39, 0.29) is 6.10 Å². The zero-order chi connectivity index (χ0) is 9.52. The monoisotopic (exact) mass is 184 g/mol. The van der Waals surface area contributed by atoms with Gasteiger partial charge in [-0.1, -0.05) is 0 Å². The lowest BCUT2D eigenvalue weighted by atomic mass is 10.3. The largest absolute Gasteiger partial charge is 0.472 e. The van der Waals surface area contributed by atoms with Crippen LogP contribution in [0.1, 0.15) is 5.56 Å². The summed E-state index contributed by atoms with van der Waals surface area (Å²) >= 11 is 0. The third-order valence-corrected chi connectivity index (χ3v) is 1.88. The minimum Gasteiger partial charge on any atom is -0.472 e. The lowest BCUT2D eigenvalue weighted by Gasteiger charge is -2.12. The number of nitrogens with two attached hydrogens (primary N) is 1. The highest BCUT2D eigenvalue weighted by molar-refractivity contribution is 5.04. The number of hydrogen-bond donors (Lipinski definition) is 2. The molecular weight excluding hydrogens is 168 g/mol. The molecule has 4 nitrogen and oxygen atoms in total. The fourth-order valence-electron chi connectivity index (χ4n) is 1.03. The first-order chi connectivity index (χ1) is 6.36. The predicted molar refractivity (Wildman–Crippen MR) is 50.3 cm³/mol. The van der Waals surface area contributed by atoms with Crippen molar-refractivity contribution in [1.82, 2.24) is 5.32 Å². The van der Waals surface area contributed by atoms with Crippen molar-refractivity contribution in [3.05, 3.63) is 24.2 Å². The minimum atomic E-state index is 0.0897. The smallest absolute Gasteiger partial charge is 0.0947 e. The maximum atomic E-state index is 5.46. The van der Waals surface area contributed by atoms with E-state index in [1.165, 1.54) is 0 Å². The number of furan rings is 1. The molecule has 13 heavy (non-hydrogen) atoms. The molecule has 0 bridgehead atoms. The number of hydrogen-bond acceptors (Lipinski definition) is 4. The van der Waals surface area contributed by atoms with Crippen molar-refractivity contribution in [2.24, 2.45) is 5.73 Å². The van der Waals surface area contributed by atoms with Crippen molar-refractivity contribution in [2.75, 3.05) is 20.2 Å². The summed E-state index contributed by atoms with van der Waals surface area (Å²) in [6.45, 7) is 2.09. The highest BCUT2D eigenvalue weighted by atomic mass is 16.5. The Morgan fingerprint density at radius 3 is 3.08 bits per heavy atom. The van der Waals surface area contributed by atoms with Gasteiger partial charge >= 0.3 is 0 Å². The fraction of sp³-hybridized carbons (Fsp3) is 0.556. The van der Waals surface area contributed by atoms with E-state index >= 15 is 0 Å². The maximum absolute atomic E-state index is 5.46. The molecule has 0 aliphatic heterocycles. The summed E-state index contributed by atoms with van der Waals surface area (Å²) in [4.78, 5) is 0. The van der Waals surface area contributed by atoms with E-state index in [2.05, 4.69) is 5.32 Å². The Morgan fingerprint density at radius 2 is 2.54 bits per heavy atom. The first-order valence-electron chi connectivity index (χ1n) is 4.31. The third kappa shape index (κ3) is 3.59. The summed E-state index contributed by atoms with van der Waals surface area (Å²) < 4.78 is 10.0. The molecule has 74 valence electrons. The molecule has 0 aliphatic rings. The van der Waals surface area contributed by atoms with Crippen LogP contribution in [0.3, 0.4) is 0 Å². The molecule has 0 amide bonds. The normalized spacial score (nSPS) is 13.1. The predicted octanol–water partition coefficient (Wildman–Crippen LogP) is 0.343. The highest BCUT2D eigenvalue weighted by Crippen LogP contribution is 1.98. The van der Waals surface area contributed by atoms with Gasteiger partial charge in [0.25, 0.3) is 0 Å². The van der Waals surface area contributed by atoms with Crippen molar-refractivity contribution in [1.29, 1.82) is 0 Å². The Bertz CT molecular complexity index is 207. The summed E-state index contributed by atoms with van der Waals surface area (Å²) in [5, 5.41) is 3.22. The first-order valence-corrected chi connectivity index (χ1v) is 4.31. The van der Waals surface area contributed by atoms with Crippen molar-refractivity contribution in [3.63, 3.8) is 0 Å². The van der Waals surface area contributed by atoms with Gasteiger partial charge in [-0.3, -0.25) is 0 Å². The lowest BCUT2D eigenvalue weighted by Crippen LogP contribution is -2.33. The van der Waals surface area contributed by atoms with Gasteiger partial charge in [-0.05, 0) is 6.07 Å². The van der Waals surface area contributed by atoms with Crippen LogP contribution in [0.15, 0.2) is 23.0 Å². The topological polar surface area (TPSA) is 60.4 Å². The van der Waals surface area contributed by atoms with Crippen LogP contribution in [0.4, 0.5) is 0 Å². The van der Waals surface area contributed by atoms with E-state index in [1.54, 1.807) is 19.6 Å². The molecule has 0 aromatic carbocycles. The van der Waals surface area contributed by atoms with Crippen LogP contribution < -0.4 is 11.1 Å². The molecule has 1 atom stereocenters. The molecule has 0 spiro atoms. The highest BCUT2D eigenvalue weighted by Gasteiger charge is 2.03. The zero-order valence-corrected chi connectivity index (χ0v) is 7.82. The Labute approximate surface area is 78.1 Å². The second-order valence-corrected chi connectivity index (χ2v) is 2.86. The van der Waals surface area contributed by atoms with E-state index in [4.69, 9.17) is 14.9 Å². The number of nitrogens with one attached hydrogen (secondary N) is 1. The van der Waals surface area contributed by atoms with Crippen molar-refractivity contribution in [3.8, 4) is 0 Å². The van der Waals surface area contributed by atoms with Gasteiger partial charge in [-0.25, -0.2) is 0 Å². The Balaban J connectivity index is 2.13. The van der Waals surface area contributed by atoms with Crippen LogP contribution >= 0.6 is 0 Å². The average Bonchev–Trinajstić information content (AvgIpc) is 2.65. The van der Waals surface area contributed by atoms with Gasteiger partial charge in [0, 0.05) is 32.3 Å². The number of ether oxygens (including phenoxy) is 1. The molecule has 1 heterocycles. The van der Waals surface area contributed by atoms with E-state index in [1.807, 2.05) is 6.07 Å². The molecule has 0 saturated carbocycles. The van der Waals surface area contributed by atoms with Gasteiger partial charge < -0.3 is 20.2 Å². The number of methoxy groups -OCH3 is 1. The first kappa shape index (κ1) is 10.2. The molecule has 4 heteroatoms. The van der Waals surface area contributed by atoms with Crippen LogP contribution in [0, 0.1) is 0 Å². The quantitative estimate of drug-likeness (QED) is 0.669. The second kappa shape index (κ2) is 5.75. The molecule has 1 rings (SSSR count). The van der Waals surface area contributed by atoms with Gasteiger partial charge in [0.2, 0.25) is 0 Å². The van der Waals surface area contributed by atoms with E-state index in [9.17, 15) is 0 Å². The van der Waals surface area contributed by atoms with Gasteiger partial charge in [0.15, 0.2) is 0 Å². The molecule has 1 unspecified atom stereocenters. The van der Waals surface area contributed by atoms with Crippen molar-refractivity contribution < 1.29 is 9.15 Å². The standard InChI is InChI=1S/C9H16N2O2/c1-12-9(4-10)6-11-5-8-2-3-13-7-8/h2-3,7,9,11H,4-6,10H2,1H3. The molecule has 0 aliphatic carbocycles. The SMILES string of the molecule is COC(CN)CNCc1ccoc1. The second-order valence-electron chi connectivity index (χ2n) is 2.86. The molecule has 0 fully saturated rings. The van der Waals surface area contributed by atoms with Gasteiger partial charge in [0.1, 0.15) is 0 Å². The van der Waals surface area contributed by atoms with Crippen LogP contribution in [-0.2, 0) is 11.3 Å². The number of rotatable bonds is 6. The minimum absolute atomic E-state index is 0.0897. The molecule has 1 aromatic heterocycles. The van der Waals surface area contributed by atoms with Crippen LogP contribution in [0.5, 0.6) is 0 Å². The lowest BCUT2D eigenvalue weighted by molar-refractivity contribution is 0.108. The molecule has 1 aromatic rings. The summed E-state index contributed by atoms with van der Waals surface area (Å²) in [7, 11) is 1.66. The van der Waals surface area contributed by atoms with Gasteiger partial charge in [-0.15, -0.1) is 0 Å². The Hall–Kier alpha value is -0.840. The summed E-state index contributed by atoms with van der Waals surface area (Å²) in [6.07, 6.45) is 3.47. The molecule has 0 radical (unpaired) electrons. The van der Waals surface area contributed by atoms with E-state index in [0.717, 1.165) is 18.7 Å². The summed E-state index contributed by atoms with van der Waals surface area (Å²) in [5.74, 6) is 0. The summed E-state index contributed by atoms with van der Waals surface area (Å²) in [5.41, 5.74) is 6.59. The van der Waals surface area contributed by atoms with Gasteiger partial charge in [-0.2, -0.15) is 0 Å². The maximum Gasteiger partial charge on any atom is 0.0947 e. The van der Waals surface area contributed by atoms with E-state index in [0.29, 0.717) is 6.54 Å². The van der Waals surface area contributed by atoms with Gasteiger partial charge in [0.05, 0.1) is 18.6 Å². The Kier molecular flexibility index (Phi) is 4.53.